The molecule has 1 saturated heterocycles. The number of ether oxygens (including phenoxy) is 2. The zero-order valence-corrected chi connectivity index (χ0v) is 33.2. The van der Waals surface area contributed by atoms with Gasteiger partial charge < -0.3 is 50.5 Å². The van der Waals surface area contributed by atoms with Gasteiger partial charge in [0, 0.05) is 0 Å². The summed E-state index contributed by atoms with van der Waals surface area (Å²) in [7, 11) is 0. The first kappa shape index (κ1) is 49.1. The lowest BCUT2D eigenvalue weighted by Gasteiger charge is -2.40. The van der Waals surface area contributed by atoms with Crippen molar-refractivity contribution in [2.75, 3.05) is 13.2 Å². The number of carbonyl (C=O) groups is 1. The topological polar surface area (TPSA) is 189 Å². The van der Waals surface area contributed by atoms with Gasteiger partial charge in [0.2, 0.25) is 5.91 Å². The molecule has 8 N–H and O–H groups in total. The summed E-state index contributed by atoms with van der Waals surface area (Å²) in [6, 6.07) is -1.16. The van der Waals surface area contributed by atoms with Gasteiger partial charge >= 0.3 is 0 Å². The molecule has 0 aromatic heterocycles. The van der Waals surface area contributed by atoms with Crippen LogP contribution in [0.5, 0.6) is 0 Å². The Morgan fingerprint density at radius 2 is 1.12 bits per heavy atom. The molecule has 0 aromatic rings. The van der Waals surface area contributed by atoms with Gasteiger partial charge in [-0.2, -0.15) is 0 Å². The molecule has 0 spiro atoms. The molecule has 0 saturated carbocycles. The third-order valence-electron chi connectivity index (χ3n) is 11.0. The fraction of sp³-hybridized carbons (Fsp3) is 0.976. The standard InChI is InChI=1S/C41H81NO10/c1-4-6-7-8-9-10-11-12-15-19-22-25-28-34(45)40(50)42-32(30-51-41-39(49)38(48)37(47)35(29-43)52-41)36(46)33(44)27-24-21-18-16-13-14-17-20-23-26-31(3)5-2/h31-39,41,43-49H,4-30H2,1-3H3,(H,42,50)/t31?,32-,33+,34+,35+,36-,37+,38-,39+,41+/m0/s1. The monoisotopic (exact) mass is 748 g/mol. The fourth-order valence-corrected chi connectivity index (χ4v) is 6.94. The van der Waals surface area contributed by atoms with Crippen LogP contribution >= 0.6 is 0 Å². The summed E-state index contributed by atoms with van der Waals surface area (Å²) >= 11 is 0. The van der Waals surface area contributed by atoms with Crippen molar-refractivity contribution in [3.63, 3.8) is 0 Å². The molecule has 11 heteroatoms. The van der Waals surface area contributed by atoms with Gasteiger partial charge in [0.15, 0.2) is 6.29 Å². The van der Waals surface area contributed by atoms with E-state index in [9.17, 15) is 40.5 Å². The summed E-state index contributed by atoms with van der Waals surface area (Å²) < 4.78 is 11.1. The minimum atomic E-state index is -1.66. The maximum absolute atomic E-state index is 13.0. The molecular weight excluding hydrogens is 666 g/mol. The predicted molar refractivity (Wildman–Crippen MR) is 206 cm³/mol. The Labute approximate surface area is 316 Å². The first-order chi connectivity index (χ1) is 25.1. The van der Waals surface area contributed by atoms with Crippen molar-refractivity contribution in [2.45, 2.75) is 236 Å². The Morgan fingerprint density at radius 1 is 0.654 bits per heavy atom. The average Bonchev–Trinajstić information content (AvgIpc) is 3.14. The molecule has 0 radical (unpaired) electrons. The summed E-state index contributed by atoms with van der Waals surface area (Å²) in [5, 5.41) is 75.4. The molecule has 1 heterocycles. The van der Waals surface area contributed by atoms with Crippen molar-refractivity contribution in [2.24, 2.45) is 5.92 Å². The molecule has 0 aromatic carbocycles. The zero-order chi connectivity index (χ0) is 38.6. The third kappa shape index (κ3) is 21.9. The first-order valence-corrected chi connectivity index (χ1v) is 21.3. The summed E-state index contributed by atoms with van der Waals surface area (Å²) in [4.78, 5) is 13.0. The summed E-state index contributed by atoms with van der Waals surface area (Å²) in [5.74, 6) is 0.118. The molecule has 1 unspecified atom stereocenters. The highest BCUT2D eigenvalue weighted by molar-refractivity contribution is 5.80. The van der Waals surface area contributed by atoms with Crippen LogP contribution in [0, 0.1) is 5.92 Å². The van der Waals surface area contributed by atoms with E-state index in [1.165, 1.54) is 96.3 Å². The highest BCUT2D eigenvalue weighted by Crippen LogP contribution is 2.23. The molecule has 1 fully saturated rings. The molecule has 1 amide bonds. The van der Waals surface area contributed by atoms with Gasteiger partial charge in [-0.15, -0.1) is 0 Å². The van der Waals surface area contributed by atoms with Crippen molar-refractivity contribution in [1.82, 2.24) is 5.32 Å². The summed E-state index contributed by atoms with van der Waals surface area (Å²) in [6.45, 7) is 5.74. The second-order valence-electron chi connectivity index (χ2n) is 15.7. The van der Waals surface area contributed by atoms with Crippen molar-refractivity contribution in [1.29, 1.82) is 0 Å². The summed E-state index contributed by atoms with van der Waals surface area (Å²) in [6.07, 6.45) is 15.8. The van der Waals surface area contributed by atoms with Crippen LogP contribution in [0.4, 0.5) is 0 Å². The Morgan fingerprint density at radius 3 is 1.60 bits per heavy atom. The second kappa shape index (κ2) is 31.3. The van der Waals surface area contributed by atoms with Gasteiger partial charge in [-0.05, 0) is 18.8 Å². The minimum Gasteiger partial charge on any atom is -0.394 e. The number of hydrogen-bond donors (Lipinski definition) is 8. The smallest absolute Gasteiger partial charge is 0.249 e. The van der Waals surface area contributed by atoms with Crippen LogP contribution in [-0.2, 0) is 14.3 Å². The quantitative estimate of drug-likeness (QED) is 0.0374. The van der Waals surface area contributed by atoms with Crippen molar-refractivity contribution < 1.29 is 50.0 Å². The van der Waals surface area contributed by atoms with Gasteiger partial charge in [-0.1, -0.05) is 168 Å². The molecular formula is C41H81NO10. The fourth-order valence-electron chi connectivity index (χ4n) is 6.94. The van der Waals surface area contributed by atoms with Crippen molar-refractivity contribution in [3.05, 3.63) is 0 Å². The van der Waals surface area contributed by atoms with Gasteiger partial charge in [-0.3, -0.25) is 4.79 Å². The summed E-state index contributed by atoms with van der Waals surface area (Å²) in [5.41, 5.74) is 0. The Balaban J connectivity index is 2.53. The average molecular weight is 748 g/mol. The Bertz CT molecular complexity index is 835. The van der Waals surface area contributed by atoms with E-state index < -0.39 is 74.2 Å². The molecule has 11 nitrogen and oxygen atoms in total. The van der Waals surface area contributed by atoms with Crippen LogP contribution in [0.15, 0.2) is 0 Å². The highest BCUT2D eigenvalue weighted by atomic mass is 16.7. The predicted octanol–water partition coefficient (Wildman–Crippen LogP) is 5.80. The van der Waals surface area contributed by atoms with Crippen LogP contribution in [0.2, 0.25) is 0 Å². The molecule has 52 heavy (non-hydrogen) atoms. The molecule has 1 aliphatic rings. The number of aliphatic hydroxyl groups excluding tert-OH is 7. The van der Waals surface area contributed by atoms with Gasteiger partial charge in [0.1, 0.15) is 36.6 Å². The third-order valence-corrected chi connectivity index (χ3v) is 11.0. The van der Waals surface area contributed by atoms with Gasteiger partial charge in [0.25, 0.3) is 0 Å². The largest absolute Gasteiger partial charge is 0.394 e. The normalized spacial score (nSPS) is 23.6. The van der Waals surface area contributed by atoms with Crippen LogP contribution < -0.4 is 5.32 Å². The van der Waals surface area contributed by atoms with E-state index in [1.54, 1.807) is 0 Å². The van der Waals surface area contributed by atoms with Gasteiger partial charge in [0.05, 0.1) is 25.4 Å². The zero-order valence-electron chi connectivity index (χ0n) is 33.2. The lowest BCUT2D eigenvalue weighted by molar-refractivity contribution is -0.303. The second-order valence-corrected chi connectivity index (χ2v) is 15.7. The van der Waals surface area contributed by atoms with Crippen LogP contribution in [0.3, 0.4) is 0 Å². The number of carbonyl (C=O) groups excluding carboxylic acids is 1. The number of aliphatic hydroxyl groups is 7. The van der Waals surface area contributed by atoms with E-state index in [-0.39, 0.29) is 6.42 Å². The molecule has 0 aliphatic carbocycles. The molecule has 0 bridgehead atoms. The lowest BCUT2D eigenvalue weighted by atomic mass is 9.98. The number of unbranched alkanes of at least 4 members (excludes halogenated alkanes) is 19. The van der Waals surface area contributed by atoms with E-state index in [0.29, 0.717) is 19.3 Å². The molecule has 10 atom stereocenters. The van der Waals surface area contributed by atoms with Crippen molar-refractivity contribution >= 4 is 5.91 Å². The van der Waals surface area contributed by atoms with E-state index in [1.807, 2.05) is 0 Å². The Kier molecular flexibility index (Phi) is 29.6. The van der Waals surface area contributed by atoms with E-state index >= 15 is 0 Å². The number of nitrogens with one attached hydrogen (secondary N) is 1. The lowest BCUT2D eigenvalue weighted by Crippen LogP contribution is -2.60. The molecule has 310 valence electrons. The van der Waals surface area contributed by atoms with Gasteiger partial charge in [-0.25, -0.2) is 0 Å². The molecule has 1 aliphatic heterocycles. The maximum Gasteiger partial charge on any atom is 0.249 e. The van der Waals surface area contributed by atoms with E-state index in [2.05, 4.69) is 26.1 Å². The SMILES string of the molecule is CCCCCCCCCCCCCC[C@@H](O)C(=O)N[C@@H](CO[C@@H]1O[C@H](CO)[C@@H](O)[C@H](O)[C@H]1O)[C@H](O)[C@H](O)CCCCCCCCCCCC(C)CC. The van der Waals surface area contributed by atoms with E-state index in [4.69, 9.17) is 9.47 Å². The van der Waals surface area contributed by atoms with Crippen molar-refractivity contribution in [3.8, 4) is 0 Å². The number of hydrogen-bond acceptors (Lipinski definition) is 10. The maximum atomic E-state index is 13.0. The Hall–Kier alpha value is -0.890. The molecule has 1 rings (SSSR count). The van der Waals surface area contributed by atoms with Crippen LogP contribution in [0.25, 0.3) is 0 Å². The first-order valence-electron chi connectivity index (χ1n) is 21.3. The van der Waals surface area contributed by atoms with Crippen LogP contribution in [-0.4, -0.2) is 110 Å². The number of rotatable bonds is 34. The number of amides is 1. The highest BCUT2D eigenvalue weighted by Gasteiger charge is 2.44. The minimum absolute atomic E-state index is 0.264. The van der Waals surface area contributed by atoms with Crippen LogP contribution in [0.1, 0.15) is 181 Å². The van der Waals surface area contributed by atoms with E-state index in [0.717, 1.165) is 44.4 Å².